The van der Waals surface area contributed by atoms with Gasteiger partial charge in [-0.2, -0.15) is 0 Å². The Balaban J connectivity index is 0.000000181. The minimum atomic E-state index is 0. The van der Waals surface area contributed by atoms with Crippen LogP contribution >= 0.6 is 0 Å². The highest BCUT2D eigenvalue weighted by Gasteiger charge is 2.08. The monoisotopic (exact) mass is 1030 g/mol. The number of aromatic nitrogens is 6. The summed E-state index contributed by atoms with van der Waals surface area (Å²) in [5, 5.41) is 4.55. The Hall–Kier alpha value is -6.78. The van der Waals surface area contributed by atoms with Gasteiger partial charge in [0.1, 0.15) is 14.1 Å². The maximum absolute atomic E-state index is 4.67. The third-order valence-corrected chi connectivity index (χ3v) is 10.0. The molecule has 0 spiro atoms. The van der Waals surface area contributed by atoms with Crippen molar-refractivity contribution in [1.29, 1.82) is 0 Å². The Labute approximate surface area is 392 Å². The molecule has 0 aliphatic carbocycles. The average Bonchev–Trinajstić information content (AvgIpc) is 3.85. The lowest BCUT2D eigenvalue weighted by atomic mass is 10.1. The van der Waals surface area contributed by atoms with Crippen LogP contribution in [0.5, 0.6) is 0 Å². The standard InChI is InChI=1S/C26H22N5.C24H17N5.2HI/c1-30-11-7-19(8-12-30)17-27-21-3-5-25-23(15-21)24-16-22(4-6-26(24)29-25)28-18-20-9-13-31(2)14-10-20;1-3-23-21(13-19(1)27-15-17-5-9-25-10-6-17)22-14-20(2-4-24(22)29-23)28-16-18-7-11-26-12-8-18;;/h3-18H,1-2H3;1-16,29H;2*1H/q+1;;;/p-1. The molecular weight excluding hydrogens is 994 g/mol. The smallest absolute Gasteiger partial charge is 0.169 e. The first kappa shape index (κ1) is 43.3. The molecule has 0 radical (unpaired) electrons. The number of nitrogens with zero attached hydrogens (tertiary/aromatic N) is 8. The Morgan fingerprint density at radius 2 is 0.629 bits per heavy atom. The van der Waals surface area contributed by atoms with Crippen molar-refractivity contribution in [3.8, 4) is 0 Å². The van der Waals surface area contributed by atoms with Gasteiger partial charge in [0, 0.05) is 129 Å². The van der Waals surface area contributed by atoms with Crippen molar-refractivity contribution in [2.75, 3.05) is 0 Å². The molecule has 2 N–H and O–H groups in total. The van der Waals surface area contributed by atoms with Crippen LogP contribution in [0.3, 0.4) is 0 Å². The van der Waals surface area contributed by atoms with Gasteiger partial charge in [0.2, 0.25) is 0 Å². The first-order valence-electron chi connectivity index (χ1n) is 19.5. The number of rotatable bonds is 8. The van der Waals surface area contributed by atoms with E-state index in [0.29, 0.717) is 0 Å². The summed E-state index contributed by atoms with van der Waals surface area (Å²) in [6, 6.07) is 40.7. The summed E-state index contributed by atoms with van der Waals surface area (Å²) in [6.07, 6.45) is 22.6. The Bertz CT molecular complexity index is 3000. The summed E-state index contributed by atoms with van der Waals surface area (Å²) in [5.74, 6) is 0. The summed E-state index contributed by atoms with van der Waals surface area (Å²) in [4.78, 5) is 33.6. The van der Waals surface area contributed by atoms with Gasteiger partial charge in [0.05, 0.1) is 22.7 Å². The summed E-state index contributed by atoms with van der Waals surface area (Å²) in [5.41, 5.74) is 12.2. The molecule has 0 aliphatic rings. The fourth-order valence-corrected chi connectivity index (χ4v) is 6.76. The van der Waals surface area contributed by atoms with Gasteiger partial charge in [0.25, 0.3) is 0 Å². The van der Waals surface area contributed by atoms with Crippen molar-refractivity contribution < 1.29 is 57.1 Å². The summed E-state index contributed by atoms with van der Waals surface area (Å²) >= 11 is 0. The minimum absolute atomic E-state index is 0. The number of hydrogen-bond donors (Lipinski definition) is 2. The fourth-order valence-electron chi connectivity index (χ4n) is 6.76. The van der Waals surface area contributed by atoms with E-state index >= 15 is 0 Å². The van der Waals surface area contributed by atoms with E-state index in [1.165, 1.54) is 0 Å². The molecule has 6 aromatic heterocycles. The average molecular weight is 1030 g/mol. The quantitative estimate of drug-likeness (QED) is 0.136. The zero-order valence-electron chi connectivity index (χ0n) is 33.8. The number of fused-ring (bicyclic) bond motifs is 6. The van der Waals surface area contributed by atoms with Crippen LogP contribution in [0.15, 0.2) is 191 Å². The van der Waals surface area contributed by atoms with Crippen LogP contribution in [0.2, 0.25) is 0 Å². The molecule has 0 unspecified atom stereocenters. The van der Waals surface area contributed by atoms with E-state index in [2.05, 4.69) is 88.4 Å². The first-order chi connectivity index (χ1) is 29.5. The second-order valence-corrected chi connectivity index (χ2v) is 14.4. The topological polar surface area (TPSA) is 115 Å². The third-order valence-electron chi connectivity index (χ3n) is 10.0. The van der Waals surface area contributed by atoms with Gasteiger partial charge in [-0.1, -0.05) is 0 Å². The molecule has 0 fully saturated rings. The van der Waals surface area contributed by atoms with Gasteiger partial charge in [0.15, 0.2) is 24.8 Å². The maximum atomic E-state index is 4.67. The van der Waals surface area contributed by atoms with Crippen molar-refractivity contribution in [2.24, 2.45) is 34.1 Å². The molecule has 0 saturated heterocycles. The van der Waals surface area contributed by atoms with Crippen LogP contribution in [0.4, 0.5) is 22.7 Å². The number of aromatic amines is 2. The molecule has 304 valence electrons. The number of halogens is 2. The molecule has 0 saturated carbocycles. The highest BCUT2D eigenvalue weighted by molar-refractivity contribution is 6.10. The van der Waals surface area contributed by atoms with Gasteiger partial charge in [-0.25, -0.2) is 9.13 Å². The van der Waals surface area contributed by atoms with Crippen LogP contribution in [0.1, 0.15) is 22.3 Å². The molecule has 0 amide bonds. The highest BCUT2D eigenvalue weighted by atomic mass is 127. The predicted octanol–water partition coefficient (Wildman–Crippen LogP) is 4.09. The Morgan fingerprint density at radius 3 is 0.903 bits per heavy atom. The van der Waals surface area contributed by atoms with E-state index in [-0.39, 0.29) is 48.0 Å². The first-order valence-corrected chi connectivity index (χ1v) is 19.5. The second kappa shape index (κ2) is 20.2. The summed E-state index contributed by atoms with van der Waals surface area (Å²) in [6.45, 7) is 0. The molecule has 0 aliphatic heterocycles. The number of benzene rings is 4. The molecule has 62 heavy (non-hydrogen) atoms. The van der Waals surface area contributed by atoms with Crippen LogP contribution in [0, 0.1) is 0 Å². The maximum Gasteiger partial charge on any atom is 0.169 e. The Morgan fingerprint density at radius 1 is 0.371 bits per heavy atom. The molecule has 6 heterocycles. The predicted molar refractivity (Wildman–Crippen MR) is 244 cm³/mol. The molecule has 10 nitrogen and oxygen atoms in total. The van der Waals surface area contributed by atoms with E-state index in [1.54, 1.807) is 24.8 Å². The lowest BCUT2D eigenvalue weighted by Crippen LogP contribution is -3.00. The highest BCUT2D eigenvalue weighted by Crippen LogP contribution is 2.33. The zero-order chi connectivity index (χ0) is 40.7. The van der Waals surface area contributed by atoms with Crippen LogP contribution in [-0.2, 0) is 14.1 Å². The minimum Gasteiger partial charge on any atom is -1.00 e. The molecule has 0 bridgehead atoms. The molecule has 10 rings (SSSR count). The largest absolute Gasteiger partial charge is 1.00 e. The van der Waals surface area contributed by atoms with Crippen molar-refractivity contribution in [2.45, 2.75) is 0 Å². The second-order valence-electron chi connectivity index (χ2n) is 14.4. The van der Waals surface area contributed by atoms with Crippen molar-refractivity contribution >= 4 is 91.2 Å². The summed E-state index contributed by atoms with van der Waals surface area (Å²) in [7, 11) is 4.01. The van der Waals surface area contributed by atoms with E-state index < -0.39 is 0 Å². The normalized spacial score (nSPS) is 11.5. The number of hydrogen-bond acceptors (Lipinski definition) is 6. The zero-order valence-corrected chi connectivity index (χ0v) is 38.1. The lowest BCUT2D eigenvalue weighted by Gasteiger charge is -1.97. The fraction of sp³-hybridized carbons (Fsp3) is 0.0400. The van der Waals surface area contributed by atoms with E-state index in [4.69, 9.17) is 0 Å². The van der Waals surface area contributed by atoms with Gasteiger partial charge < -0.3 is 57.9 Å². The van der Waals surface area contributed by atoms with E-state index in [1.807, 2.05) is 146 Å². The lowest BCUT2D eigenvalue weighted by molar-refractivity contribution is -0.671. The van der Waals surface area contributed by atoms with Crippen LogP contribution in [0.25, 0.3) is 43.6 Å². The van der Waals surface area contributed by atoms with Gasteiger partial charge >= 0.3 is 0 Å². The number of pyridine rings is 4. The molecule has 10 aromatic rings. The van der Waals surface area contributed by atoms with E-state index in [9.17, 15) is 0 Å². The molecule has 4 aromatic carbocycles. The number of aliphatic imine (C=N–C) groups is 4. The van der Waals surface area contributed by atoms with Crippen molar-refractivity contribution in [1.82, 2.24) is 19.9 Å². The summed E-state index contributed by atoms with van der Waals surface area (Å²) < 4.78 is 4.01. The van der Waals surface area contributed by atoms with Crippen molar-refractivity contribution in [3.63, 3.8) is 0 Å². The Kier molecular flexibility index (Phi) is 14.1. The van der Waals surface area contributed by atoms with Crippen molar-refractivity contribution in [3.05, 3.63) is 193 Å². The van der Waals surface area contributed by atoms with Gasteiger partial charge in [-0.3, -0.25) is 29.9 Å². The molecule has 0 atom stereocenters. The number of nitrogens with one attached hydrogen (secondary N) is 2. The SMILES string of the molecule is C(=Nc1ccc2[nH]c3ccc(N=Cc4ccncc4)cc3c2c1)c1ccncc1.C[n+]1ccc(C=Nc2ccc3[nH]c4ccc(N=Cc5cc[n+](C)cc5)cc4c3c2)cc1.[I-].[I-]. The third kappa shape index (κ3) is 10.6. The van der Waals surface area contributed by atoms with Crippen LogP contribution in [-0.4, -0.2) is 44.8 Å². The molecule has 12 heteroatoms. The molecular formula is C50H40I2N10. The van der Waals surface area contributed by atoms with E-state index in [0.717, 1.165) is 88.6 Å². The number of aryl methyl sites for hydroxylation is 2. The van der Waals surface area contributed by atoms with Gasteiger partial charge in [-0.05, 0) is 108 Å². The van der Waals surface area contributed by atoms with Crippen LogP contribution < -0.4 is 57.1 Å². The van der Waals surface area contributed by atoms with Gasteiger partial charge in [-0.15, -0.1) is 0 Å². The number of H-pyrrole nitrogens is 2.